The Morgan fingerprint density at radius 2 is 1.81 bits per heavy atom. The Hall–Kier alpha value is -3.22. The lowest BCUT2D eigenvalue weighted by Crippen LogP contribution is -2.49. The third-order valence-corrected chi connectivity index (χ3v) is 6.37. The third-order valence-electron chi connectivity index (χ3n) is 6.37. The Bertz CT molecular complexity index is 970. The van der Waals surface area contributed by atoms with Crippen molar-refractivity contribution >= 4 is 23.5 Å². The molecule has 2 saturated heterocycles. The number of benzene rings is 1. The minimum absolute atomic E-state index is 0.0402. The van der Waals surface area contributed by atoms with Crippen molar-refractivity contribution < 1.29 is 14.4 Å². The highest BCUT2D eigenvalue weighted by molar-refractivity contribution is 5.92. The van der Waals surface area contributed by atoms with Gasteiger partial charge in [-0.05, 0) is 55.9 Å². The Morgan fingerprint density at radius 1 is 1.06 bits per heavy atom. The van der Waals surface area contributed by atoms with Gasteiger partial charge in [-0.1, -0.05) is 30.3 Å². The maximum absolute atomic E-state index is 13.6. The molecule has 168 valence electrons. The predicted octanol–water partition coefficient (Wildman–Crippen LogP) is 3.32. The molecule has 7 heteroatoms. The predicted molar refractivity (Wildman–Crippen MR) is 122 cm³/mol. The molecule has 2 fully saturated rings. The molecule has 3 amide bonds. The van der Waals surface area contributed by atoms with Crippen LogP contribution in [0.1, 0.15) is 49.3 Å². The summed E-state index contributed by atoms with van der Waals surface area (Å²) < 4.78 is 0. The van der Waals surface area contributed by atoms with E-state index >= 15 is 0 Å². The number of aromatic nitrogens is 1. The standard InChI is InChI=1S/C25H30N4O3/c1-18-10-13-26-21(17-18)27-24(31)20-11-15-28(16-12-20)25(32)23(19-7-3-2-4-8-19)29-14-6-5-9-22(29)30/h2-4,7-8,10,13,17,20,23H,5-6,9,11-12,14-16H2,1H3,(H,26,27,31). The van der Waals surface area contributed by atoms with Gasteiger partial charge in [0.05, 0.1) is 0 Å². The van der Waals surface area contributed by atoms with E-state index in [9.17, 15) is 14.4 Å². The largest absolute Gasteiger partial charge is 0.341 e. The van der Waals surface area contributed by atoms with Crippen LogP contribution in [-0.4, -0.2) is 52.1 Å². The summed E-state index contributed by atoms with van der Waals surface area (Å²) in [5.74, 6) is 0.333. The van der Waals surface area contributed by atoms with E-state index in [-0.39, 0.29) is 23.6 Å². The quantitative estimate of drug-likeness (QED) is 0.783. The fraction of sp³-hybridized carbons (Fsp3) is 0.440. The smallest absolute Gasteiger partial charge is 0.250 e. The molecule has 0 spiro atoms. The normalized spacial score (nSPS) is 18.3. The molecule has 2 aliphatic heterocycles. The molecule has 1 N–H and O–H groups in total. The van der Waals surface area contributed by atoms with Gasteiger partial charge in [-0.3, -0.25) is 14.4 Å². The van der Waals surface area contributed by atoms with E-state index in [1.165, 1.54) is 0 Å². The number of carbonyl (C=O) groups excluding carboxylic acids is 3. The molecule has 0 saturated carbocycles. The summed E-state index contributed by atoms with van der Waals surface area (Å²) >= 11 is 0. The lowest BCUT2D eigenvalue weighted by atomic mass is 9.94. The first-order chi connectivity index (χ1) is 15.5. The van der Waals surface area contributed by atoms with Crippen molar-refractivity contribution in [1.29, 1.82) is 0 Å². The molecule has 2 aromatic rings. The molecule has 7 nitrogen and oxygen atoms in total. The van der Waals surface area contributed by atoms with Crippen molar-refractivity contribution in [1.82, 2.24) is 14.8 Å². The topological polar surface area (TPSA) is 82.6 Å². The maximum atomic E-state index is 13.6. The van der Waals surface area contributed by atoms with Gasteiger partial charge in [0.15, 0.2) is 0 Å². The number of piperidine rings is 2. The summed E-state index contributed by atoms with van der Waals surface area (Å²) in [4.78, 5) is 46.6. The van der Waals surface area contributed by atoms with Gasteiger partial charge in [-0.2, -0.15) is 0 Å². The summed E-state index contributed by atoms with van der Waals surface area (Å²) in [7, 11) is 0. The van der Waals surface area contributed by atoms with Gasteiger partial charge in [0.1, 0.15) is 11.9 Å². The van der Waals surface area contributed by atoms with Crippen molar-refractivity contribution in [3.8, 4) is 0 Å². The van der Waals surface area contributed by atoms with Gasteiger partial charge in [0.25, 0.3) is 0 Å². The van der Waals surface area contributed by atoms with Gasteiger partial charge in [-0.25, -0.2) is 4.98 Å². The van der Waals surface area contributed by atoms with Crippen LogP contribution in [0.15, 0.2) is 48.7 Å². The number of nitrogens with zero attached hydrogens (tertiary/aromatic N) is 3. The highest BCUT2D eigenvalue weighted by Crippen LogP contribution is 2.29. The van der Waals surface area contributed by atoms with Gasteiger partial charge < -0.3 is 15.1 Å². The van der Waals surface area contributed by atoms with Gasteiger partial charge >= 0.3 is 0 Å². The van der Waals surface area contributed by atoms with Crippen molar-refractivity contribution in [2.75, 3.05) is 25.0 Å². The number of amides is 3. The van der Waals surface area contributed by atoms with Crippen LogP contribution >= 0.6 is 0 Å². The second kappa shape index (κ2) is 9.94. The number of anilines is 1. The molecular formula is C25H30N4O3. The highest BCUT2D eigenvalue weighted by Gasteiger charge is 2.37. The van der Waals surface area contributed by atoms with Gasteiger partial charge in [0, 0.05) is 38.2 Å². The van der Waals surface area contributed by atoms with Crippen LogP contribution in [0, 0.1) is 12.8 Å². The van der Waals surface area contributed by atoms with Crippen LogP contribution in [0.25, 0.3) is 0 Å². The monoisotopic (exact) mass is 434 g/mol. The van der Waals surface area contributed by atoms with Gasteiger partial charge in [0.2, 0.25) is 17.7 Å². The number of rotatable bonds is 5. The van der Waals surface area contributed by atoms with Crippen LogP contribution in [0.3, 0.4) is 0 Å². The first kappa shape index (κ1) is 22.0. The second-order valence-electron chi connectivity index (χ2n) is 8.66. The summed E-state index contributed by atoms with van der Waals surface area (Å²) in [6.45, 7) is 3.57. The minimum atomic E-state index is -0.592. The Kier molecular flexibility index (Phi) is 6.83. The molecule has 4 rings (SSSR count). The second-order valence-corrected chi connectivity index (χ2v) is 8.66. The first-order valence-corrected chi connectivity index (χ1v) is 11.4. The van der Waals surface area contributed by atoms with Gasteiger partial charge in [-0.15, -0.1) is 0 Å². The lowest BCUT2D eigenvalue weighted by Gasteiger charge is -2.39. The average Bonchev–Trinajstić information content (AvgIpc) is 2.81. The number of likely N-dealkylation sites (tertiary alicyclic amines) is 2. The molecule has 0 aliphatic carbocycles. The van der Waals surface area contributed by atoms with E-state index in [0.717, 1.165) is 24.0 Å². The highest BCUT2D eigenvalue weighted by atomic mass is 16.2. The SMILES string of the molecule is Cc1ccnc(NC(=O)C2CCN(C(=O)C(c3ccccc3)N3CCCCC3=O)CC2)c1. The number of nitrogens with one attached hydrogen (secondary N) is 1. The average molecular weight is 435 g/mol. The number of aryl methyl sites for hydroxylation is 1. The zero-order valence-electron chi connectivity index (χ0n) is 18.5. The molecule has 0 radical (unpaired) electrons. The summed E-state index contributed by atoms with van der Waals surface area (Å²) in [5, 5.41) is 2.90. The van der Waals surface area contributed by atoms with E-state index in [0.29, 0.717) is 44.7 Å². The first-order valence-electron chi connectivity index (χ1n) is 11.4. The molecule has 2 aliphatic rings. The Balaban J connectivity index is 1.42. The number of hydrogen-bond acceptors (Lipinski definition) is 4. The van der Waals surface area contributed by atoms with Crippen molar-refractivity contribution in [2.45, 2.75) is 45.1 Å². The van der Waals surface area contributed by atoms with Crippen LogP contribution in [0.4, 0.5) is 5.82 Å². The fourth-order valence-corrected chi connectivity index (χ4v) is 4.56. The summed E-state index contributed by atoms with van der Waals surface area (Å²) in [5.41, 5.74) is 1.88. The Labute approximate surface area is 188 Å². The van der Waals surface area contributed by atoms with Crippen LogP contribution in [-0.2, 0) is 14.4 Å². The van der Waals surface area contributed by atoms with E-state index < -0.39 is 6.04 Å². The third kappa shape index (κ3) is 4.98. The van der Waals surface area contributed by atoms with E-state index in [4.69, 9.17) is 0 Å². The lowest BCUT2D eigenvalue weighted by molar-refractivity contribution is -0.149. The van der Waals surface area contributed by atoms with Crippen molar-refractivity contribution in [3.63, 3.8) is 0 Å². The van der Waals surface area contributed by atoms with E-state index in [1.807, 2.05) is 54.3 Å². The number of pyridine rings is 1. The van der Waals surface area contributed by atoms with Crippen LogP contribution in [0.5, 0.6) is 0 Å². The summed E-state index contributed by atoms with van der Waals surface area (Å²) in [6.07, 6.45) is 5.15. The van der Waals surface area contributed by atoms with Crippen LogP contribution in [0.2, 0.25) is 0 Å². The zero-order chi connectivity index (χ0) is 22.5. The number of hydrogen-bond donors (Lipinski definition) is 1. The molecule has 1 aromatic heterocycles. The summed E-state index contributed by atoms with van der Waals surface area (Å²) in [6, 6.07) is 12.7. The molecule has 32 heavy (non-hydrogen) atoms. The Morgan fingerprint density at radius 3 is 2.50 bits per heavy atom. The molecule has 3 heterocycles. The zero-order valence-corrected chi connectivity index (χ0v) is 18.5. The van der Waals surface area contributed by atoms with Crippen LogP contribution < -0.4 is 5.32 Å². The van der Waals surface area contributed by atoms with E-state index in [1.54, 1.807) is 11.1 Å². The van der Waals surface area contributed by atoms with Crippen molar-refractivity contribution in [2.24, 2.45) is 5.92 Å². The van der Waals surface area contributed by atoms with E-state index in [2.05, 4.69) is 10.3 Å². The molecule has 1 aromatic carbocycles. The minimum Gasteiger partial charge on any atom is -0.341 e. The maximum Gasteiger partial charge on any atom is 0.250 e. The van der Waals surface area contributed by atoms with Crippen molar-refractivity contribution in [3.05, 3.63) is 59.8 Å². The molecule has 1 atom stereocenters. The number of carbonyl (C=O) groups is 3. The molecular weight excluding hydrogens is 404 g/mol. The molecule has 1 unspecified atom stereocenters. The fourth-order valence-electron chi connectivity index (χ4n) is 4.56. The molecule has 0 bridgehead atoms.